The largest absolute Gasteiger partial charge is 0.417 e. The van der Waals surface area contributed by atoms with Crippen molar-refractivity contribution in [2.45, 2.75) is 57.7 Å². The highest BCUT2D eigenvalue weighted by molar-refractivity contribution is 6.54. The Kier molecular flexibility index (Phi) is 4.74. The summed E-state index contributed by atoms with van der Waals surface area (Å²) in [6.07, 6.45) is 9.19. The third kappa shape index (κ3) is 3.65. The molecule has 0 radical (unpaired) electrons. The van der Waals surface area contributed by atoms with Crippen molar-refractivity contribution < 1.29 is 4.43 Å². The van der Waals surface area contributed by atoms with E-state index >= 15 is 0 Å². The van der Waals surface area contributed by atoms with Gasteiger partial charge >= 0.3 is 0 Å². The van der Waals surface area contributed by atoms with E-state index in [1.165, 1.54) is 25.3 Å². The van der Waals surface area contributed by atoms with E-state index in [2.05, 4.69) is 32.9 Å². The van der Waals surface area contributed by atoms with E-state index in [-0.39, 0.29) is 0 Å². The highest BCUT2D eigenvalue weighted by Crippen LogP contribution is 2.28. The molecule has 0 aromatic carbocycles. The third-order valence-corrected chi connectivity index (χ3v) is 5.83. The summed E-state index contributed by atoms with van der Waals surface area (Å²) in [6, 6.07) is 1.27. The van der Waals surface area contributed by atoms with Crippen molar-refractivity contribution in [3.05, 3.63) is 12.2 Å². The van der Waals surface area contributed by atoms with Gasteiger partial charge in [-0.1, -0.05) is 19.1 Å². The first kappa shape index (κ1) is 11.0. The molecule has 13 heavy (non-hydrogen) atoms. The lowest BCUT2D eigenvalue weighted by Gasteiger charge is -2.26. The van der Waals surface area contributed by atoms with Gasteiger partial charge < -0.3 is 4.43 Å². The highest BCUT2D eigenvalue weighted by Gasteiger charge is 2.22. The van der Waals surface area contributed by atoms with Crippen LogP contribution in [-0.2, 0) is 4.43 Å². The van der Waals surface area contributed by atoms with Crippen LogP contribution in [0, 0.1) is 0 Å². The molecule has 0 aromatic rings. The molecule has 1 aliphatic carbocycles. The van der Waals surface area contributed by atoms with Crippen molar-refractivity contribution in [1.29, 1.82) is 0 Å². The van der Waals surface area contributed by atoms with Crippen LogP contribution in [0.4, 0.5) is 0 Å². The van der Waals surface area contributed by atoms with Crippen LogP contribution in [0.3, 0.4) is 0 Å². The molecule has 76 valence electrons. The number of hydrogen-bond acceptors (Lipinski definition) is 1. The lowest BCUT2D eigenvalue weighted by molar-refractivity contribution is 0.237. The van der Waals surface area contributed by atoms with Gasteiger partial charge in [0.25, 0.3) is 0 Å². The predicted molar refractivity (Wildman–Crippen MR) is 60.6 cm³/mol. The minimum absolute atomic E-state index is 0.423. The maximum Gasteiger partial charge on any atom is 0.183 e. The van der Waals surface area contributed by atoms with Crippen LogP contribution in [0.25, 0.3) is 0 Å². The van der Waals surface area contributed by atoms with Crippen LogP contribution in [-0.4, -0.2) is 15.1 Å². The molecule has 2 atom stereocenters. The molecule has 1 aliphatic rings. The number of hydrogen-bond donors (Lipinski definition) is 0. The SMILES string of the molecule is CC[SiH](OC(C)C)C1C=CCCC1. The molecule has 0 aromatic heterocycles. The summed E-state index contributed by atoms with van der Waals surface area (Å²) in [4.78, 5) is 0. The van der Waals surface area contributed by atoms with E-state index in [0.717, 1.165) is 5.54 Å². The smallest absolute Gasteiger partial charge is 0.183 e. The van der Waals surface area contributed by atoms with Crippen molar-refractivity contribution in [2.75, 3.05) is 0 Å². The average molecular weight is 198 g/mol. The Labute approximate surface area is 83.9 Å². The lowest BCUT2D eigenvalue weighted by Crippen LogP contribution is -2.27. The van der Waals surface area contributed by atoms with Gasteiger partial charge in [-0.2, -0.15) is 0 Å². The summed E-state index contributed by atoms with van der Waals surface area (Å²) in [5.41, 5.74) is 0.807. The molecule has 0 N–H and O–H groups in total. The second-order valence-electron chi connectivity index (χ2n) is 4.15. The zero-order valence-electron chi connectivity index (χ0n) is 9.12. The second-order valence-corrected chi connectivity index (χ2v) is 7.18. The number of allylic oxidation sites excluding steroid dienone is 2. The van der Waals surface area contributed by atoms with E-state index in [9.17, 15) is 0 Å². The molecule has 0 saturated heterocycles. The Hall–Kier alpha value is -0.0831. The first-order valence-corrected chi connectivity index (χ1v) is 7.51. The van der Waals surface area contributed by atoms with Gasteiger partial charge in [-0.3, -0.25) is 0 Å². The van der Waals surface area contributed by atoms with E-state index in [4.69, 9.17) is 4.43 Å². The maximum atomic E-state index is 6.03. The van der Waals surface area contributed by atoms with E-state index in [0.29, 0.717) is 6.10 Å². The Morgan fingerprint density at radius 2 is 2.31 bits per heavy atom. The van der Waals surface area contributed by atoms with Gasteiger partial charge in [0, 0.05) is 6.10 Å². The molecule has 0 bridgehead atoms. The molecule has 0 saturated carbocycles. The minimum atomic E-state index is -0.939. The third-order valence-electron chi connectivity index (χ3n) is 2.62. The van der Waals surface area contributed by atoms with Crippen molar-refractivity contribution in [3.8, 4) is 0 Å². The molecule has 0 aliphatic heterocycles. The van der Waals surface area contributed by atoms with Crippen LogP contribution >= 0.6 is 0 Å². The molecule has 0 heterocycles. The molecule has 0 spiro atoms. The van der Waals surface area contributed by atoms with E-state index in [1.807, 2.05) is 0 Å². The zero-order chi connectivity index (χ0) is 9.68. The first-order valence-electron chi connectivity index (χ1n) is 5.56. The molecule has 2 heteroatoms. The van der Waals surface area contributed by atoms with Gasteiger partial charge in [-0.15, -0.1) is 0 Å². The standard InChI is InChI=1S/C11H22OSi/c1-4-13(12-10(2)3)11-8-6-5-7-9-11/h6,8,10-11,13H,4-5,7,9H2,1-3H3. The van der Waals surface area contributed by atoms with Gasteiger partial charge in [-0.25, -0.2) is 0 Å². The molecular weight excluding hydrogens is 176 g/mol. The Bertz CT molecular complexity index is 165. The summed E-state index contributed by atoms with van der Waals surface area (Å²) in [5, 5.41) is 0. The minimum Gasteiger partial charge on any atom is -0.417 e. The predicted octanol–water partition coefficient (Wildman–Crippen LogP) is 3.27. The maximum absolute atomic E-state index is 6.03. The van der Waals surface area contributed by atoms with Crippen LogP contribution in [0.2, 0.25) is 11.6 Å². The van der Waals surface area contributed by atoms with Crippen LogP contribution < -0.4 is 0 Å². The zero-order valence-corrected chi connectivity index (χ0v) is 10.3. The quantitative estimate of drug-likeness (QED) is 0.497. The van der Waals surface area contributed by atoms with Gasteiger partial charge in [0.15, 0.2) is 9.04 Å². The van der Waals surface area contributed by atoms with Crippen LogP contribution in [0.15, 0.2) is 12.2 Å². The van der Waals surface area contributed by atoms with Gasteiger partial charge in [0.2, 0.25) is 0 Å². The lowest BCUT2D eigenvalue weighted by atomic mass is 10.1. The molecule has 1 nitrogen and oxygen atoms in total. The number of rotatable bonds is 4. The topological polar surface area (TPSA) is 9.23 Å². The Morgan fingerprint density at radius 1 is 1.54 bits per heavy atom. The molecule has 1 rings (SSSR count). The Balaban J connectivity index is 2.44. The average Bonchev–Trinajstić information content (AvgIpc) is 2.15. The van der Waals surface area contributed by atoms with Crippen LogP contribution in [0.5, 0.6) is 0 Å². The van der Waals surface area contributed by atoms with Gasteiger partial charge in [-0.05, 0) is 44.7 Å². The van der Waals surface area contributed by atoms with Crippen molar-refractivity contribution in [3.63, 3.8) is 0 Å². The molecule has 2 unspecified atom stereocenters. The molecular formula is C11H22OSi. The van der Waals surface area contributed by atoms with Crippen molar-refractivity contribution in [1.82, 2.24) is 0 Å². The normalized spacial score (nSPS) is 25.1. The fourth-order valence-electron chi connectivity index (χ4n) is 2.00. The fourth-order valence-corrected chi connectivity index (χ4v) is 4.71. The monoisotopic (exact) mass is 198 g/mol. The summed E-state index contributed by atoms with van der Waals surface area (Å²) in [6.45, 7) is 6.59. The Morgan fingerprint density at radius 3 is 2.77 bits per heavy atom. The summed E-state index contributed by atoms with van der Waals surface area (Å²) < 4.78 is 6.03. The van der Waals surface area contributed by atoms with Gasteiger partial charge in [0.05, 0.1) is 0 Å². The molecule has 0 amide bonds. The fraction of sp³-hybridized carbons (Fsp3) is 0.818. The summed E-state index contributed by atoms with van der Waals surface area (Å²) in [7, 11) is -0.939. The van der Waals surface area contributed by atoms with Crippen molar-refractivity contribution >= 4 is 9.04 Å². The first-order chi connectivity index (χ1) is 6.24. The van der Waals surface area contributed by atoms with E-state index in [1.54, 1.807) is 0 Å². The summed E-state index contributed by atoms with van der Waals surface area (Å²) in [5.74, 6) is 0. The second kappa shape index (κ2) is 5.61. The van der Waals surface area contributed by atoms with Gasteiger partial charge in [0.1, 0.15) is 0 Å². The van der Waals surface area contributed by atoms with Crippen molar-refractivity contribution in [2.24, 2.45) is 0 Å². The van der Waals surface area contributed by atoms with E-state index < -0.39 is 9.04 Å². The highest BCUT2D eigenvalue weighted by atomic mass is 28.3. The summed E-state index contributed by atoms with van der Waals surface area (Å²) >= 11 is 0. The molecule has 0 fully saturated rings. The van der Waals surface area contributed by atoms with Crippen LogP contribution in [0.1, 0.15) is 40.0 Å².